The van der Waals surface area contributed by atoms with E-state index in [0.29, 0.717) is 37.9 Å². The van der Waals surface area contributed by atoms with Crippen LogP contribution in [0.3, 0.4) is 0 Å². The smallest absolute Gasteiger partial charge is 0.290 e. The van der Waals surface area contributed by atoms with Crippen LogP contribution in [0.15, 0.2) is 59.0 Å². The van der Waals surface area contributed by atoms with E-state index < -0.39 is 0 Å². The van der Waals surface area contributed by atoms with Crippen molar-refractivity contribution in [3.8, 4) is 5.69 Å². The van der Waals surface area contributed by atoms with Crippen LogP contribution in [-0.2, 0) is 0 Å². The Balaban J connectivity index is 1.33. The highest BCUT2D eigenvalue weighted by atomic mass is 16.3. The molecule has 8 heteroatoms. The van der Waals surface area contributed by atoms with Crippen molar-refractivity contribution in [1.29, 1.82) is 0 Å². The van der Waals surface area contributed by atoms with Crippen LogP contribution in [0.25, 0.3) is 16.7 Å². The molecule has 2 aromatic carbocycles. The Morgan fingerprint density at radius 2 is 1.69 bits per heavy atom. The Morgan fingerprint density at radius 1 is 0.966 bits per heavy atom. The molecular weight excluding hydrogens is 368 g/mol. The zero-order valence-corrected chi connectivity index (χ0v) is 16.0. The normalized spacial score (nSPS) is 14.5. The minimum Gasteiger partial charge on any atom is -0.451 e. The molecule has 8 nitrogen and oxygen atoms in total. The summed E-state index contributed by atoms with van der Waals surface area (Å²) in [5.74, 6) is 1.04. The minimum absolute atomic E-state index is 0.0685. The molecule has 0 spiro atoms. The summed E-state index contributed by atoms with van der Waals surface area (Å²) >= 11 is 0. The quantitative estimate of drug-likeness (QED) is 0.537. The van der Waals surface area contributed by atoms with Crippen LogP contribution in [0, 0.1) is 6.92 Å². The Labute approximate surface area is 167 Å². The molecule has 0 radical (unpaired) electrons. The number of amides is 1. The fourth-order valence-electron chi connectivity index (χ4n) is 3.75. The molecule has 1 aliphatic rings. The number of piperazine rings is 1. The Hall–Kier alpha value is -3.68. The zero-order chi connectivity index (χ0) is 19.8. The highest BCUT2D eigenvalue weighted by Crippen LogP contribution is 2.26. The van der Waals surface area contributed by atoms with Gasteiger partial charge < -0.3 is 14.2 Å². The third kappa shape index (κ3) is 3.02. The second-order valence-corrected chi connectivity index (χ2v) is 7.06. The van der Waals surface area contributed by atoms with Gasteiger partial charge in [-0.05, 0) is 35.5 Å². The molecule has 2 aromatic heterocycles. The number of benzene rings is 2. The van der Waals surface area contributed by atoms with Gasteiger partial charge >= 0.3 is 0 Å². The van der Waals surface area contributed by atoms with Crippen molar-refractivity contribution in [1.82, 2.24) is 25.1 Å². The van der Waals surface area contributed by atoms with E-state index in [1.54, 1.807) is 4.68 Å². The van der Waals surface area contributed by atoms with Crippen LogP contribution in [0.5, 0.6) is 0 Å². The van der Waals surface area contributed by atoms with E-state index in [0.717, 1.165) is 22.2 Å². The van der Waals surface area contributed by atoms with Crippen LogP contribution >= 0.6 is 0 Å². The number of tetrazole rings is 1. The SMILES string of the molecule is Cc1c(C(=O)N2CCN(c3nnnn3-c3ccccc3)CC2)oc2ccccc12. The number of aromatic nitrogens is 4. The zero-order valence-electron chi connectivity index (χ0n) is 16.0. The van der Waals surface area contributed by atoms with Crippen molar-refractivity contribution in [2.24, 2.45) is 0 Å². The van der Waals surface area contributed by atoms with Crippen molar-refractivity contribution >= 4 is 22.8 Å². The summed E-state index contributed by atoms with van der Waals surface area (Å²) in [5.41, 5.74) is 2.54. The molecule has 0 N–H and O–H groups in total. The molecule has 0 aliphatic carbocycles. The summed E-state index contributed by atoms with van der Waals surface area (Å²) in [6.45, 7) is 4.40. The first-order chi connectivity index (χ1) is 14.2. The number of nitrogens with zero attached hydrogens (tertiary/aromatic N) is 6. The fourth-order valence-corrected chi connectivity index (χ4v) is 3.75. The topological polar surface area (TPSA) is 80.3 Å². The number of para-hydroxylation sites is 2. The number of aryl methyl sites for hydroxylation is 1. The molecule has 146 valence electrons. The number of anilines is 1. The van der Waals surface area contributed by atoms with Crippen molar-refractivity contribution in [2.75, 3.05) is 31.1 Å². The first kappa shape index (κ1) is 17.4. The molecule has 0 unspecified atom stereocenters. The molecule has 29 heavy (non-hydrogen) atoms. The Morgan fingerprint density at radius 3 is 2.45 bits per heavy atom. The fraction of sp³-hybridized carbons (Fsp3) is 0.238. The molecule has 0 saturated carbocycles. The van der Waals surface area contributed by atoms with E-state index in [-0.39, 0.29) is 5.91 Å². The monoisotopic (exact) mass is 388 g/mol. The average molecular weight is 388 g/mol. The van der Waals surface area contributed by atoms with Crippen LogP contribution < -0.4 is 4.90 Å². The lowest BCUT2D eigenvalue weighted by Crippen LogP contribution is -2.49. The number of furan rings is 1. The lowest BCUT2D eigenvalue weighted by molar-refractivity contribution is 0.0715. The lowest BCUT2D eigenvalue weighted by atomic mass is 10.1. The van der Waals surface area contributed by atoms with Crippen molar-refractivity contribution in [2.45, 2.75) is 6.92 Å². The van der Waals surface area contributed by atoms with Gasteiger partial charge in [-0.2, -0.15) is 4.68 Å². The first-order valence-corrected chi connectivity index (χ1v) is 9.58. The molecule has 0 bridgehead atoms. The van der Waals surface area contributed by atoms with E-state index in [2.05, 4.69) is 20.4 Å². The summed E-state index contributed by atoms with van der Waals surface area (Å²) in [6, 6.07) is 17.5. The molecule has 5 rings (SSSR count). The third-order valence-corrected chi connectivity index (χ3v) is 5.34. The number of hydrogen-bond donors (Lipinski definition) is 0. The number of carbonyl (C=O) groups is 1. The number of hydrogen-bond acceptors (Lipinski definition) is 6. The molecule has 1 aliphatic heterocycles. The van der Waals surface area contributed by atoms with E-state index in [1.807, 2.05) is 66.4 Å². The maximum Gasteiger partial charge on any atom is 0.290 e. The highest BCUT2D eigenvalue weighted by Gasteiger charge is 2.28. The molecule has 1 fully saturated rings. The van der Waals surface area contributed by atoms with Crippen molar-refractivity contribution in [3.05, 3.63) is 65.9 Å². The van der Waals surface area contributed by atoms with E-state index in [9.17, 15) is 4.79 Å². The van der Waals surface area contributed by atoms with Gasteiger partial charge in [0.25, 0.3) is 5.91 Å². The Kier molecular flexibility index (Phi) is 4.23. The van der Waals surface area contributed by atoms with Crippen LogP contribution in [0.2, 0.25) is 0 Å². The second kappa shape index (κ2) is 7.05. The van der Waals surface area contributed by atoms with Crippen LogP contribution in [0.1, 0.15) is 16.1 Å². The Bertz CT molecular complexity index is 1160. The summed E-state index contributed by atoms with van der Waals surface area (Å²) in [7, 11) is 0. The van der Waals surface area contributed by atoms with E-state index in [1.165, 1.54) is 0 Å². The van der Waals surface area contributed by atoms with Gasteiger partial charge in [-0.25, -0.2) is 0 Å². The molecular formula is C21H20N6O2. The summed E-state index contributed by atoms with van der Waals surface area (Å²) in [6.07, 6.45) is 0. The minimum atomic E-state index is -0.0685. The molecule has 1 saturated heterocycles. The van der Waals surface area contributed by atoms with Crippen LogP contribution in [-0.4, -0.2) is 57.2 Å². The van der Waals surface area contributed by atoms with Gasteiger partial charge in [0.1, 0.15) is 5.58 Å². The molecule has 0 atom stereocenters. The van der Waals surface area contributed by atoms with E-state index >= 15 is 0 Å². The largest absolute Gasteiger partial charge is 0.451 e. The standard InChI is InChI=1S/C21H20N6O2/c1-15-17-9-5-6-10-18(17)29-19(15)20(28)25-11-13-26(14-12-25)21-22-23-24-27(21)16-7-3-2-4-8-16/h2-10H,11-14H2,1H3. The van der Waals surface area contributed by atoms with Gasteiger partial charge in [-0.15, -0.1) is 0 Å². The maximum absolute atomic E-state index is 13.0. The second-order valence-electron chi connectivity index (χ2n) is 7.06. The molecule has 3 heterocycles. The van der Waals surface area contributed by atoms with Crippen molar-refractivity contribution in [3.63, 3.8) is 0 Å². The van der Waals surface area contributed by atoms with Gasteiger partial charge in [0.2, 0.25) is 5.95 Å². The summed E-state index contributed by atoms with van der Waals surface area (Å²) in [4.78, 5) is 17.0. The predicted molar refractivity (Wildman–Crippen MR) is 108 cm³/mol. The van der Waals surface area contributed by atoms with Crippen LogP contribution in [0.4, 0.5) is 5.95 Å². The number of rotatable bonds is 3. The predicted octanol–water partition coefficient (Wildman–Crippen LogP) is 2.68. The average Bonchev–Trinajstić information content (AvgIpc) is 3.39. The van der Waals surface area contributed by atoms with Gasteiger partial charge in [-0.1, -0.05) is 41.5 Å². The van der Waals surface area contributed by atoms with Crippen molar-refractivity contribution < 1.29 is 9.21 Å². The van der Waals surface area contributed by atoms with Gasteiger partial charge in [0.05, 0.1) is 5.69 Å². The maximum atomic E-state index is 13.0. The molecule has 1 amide bonds. The van der Waals surface area contributed by atoms with Gasteiger partial charge in [0.15, 0.2) is 5.76 Å². The van der Waals surface area contributed by atoms with E-state index in [4.69, 9.17) is 4.42 Å². The highest BCUT2D eigenvalue weighted by molar-refractivity contribution is 5.99. The molecule has 4 aromatic rings. The first-order valence-electron chi connectivity index (χ1n) is 9.58. The number of fused-ring (bicyclic) bond motifs is 1. The summed E-state index contributed by atoms with van der Waals surface area (Å²) < 4.78 is 7.57. The lowest BCUT2D eigenvalue weighted by Gasteiger charge is -2.34. The van der Waals surface area contributed by atoms with Gasteiger partial charge in [0, 0.05) is 37.1 Å². The van der Waals surface area contributed by atoms with Gasteiger partial charge in [-0.3, -0.25) is 4.79 Å². The summed E-state index contributed by atoms with van der Waals surface area (Å²) in [5, 5.41) is 13.1. The number of carbonyl (C=O) groups excluding carboxylic acids is 1. The third-order valence-electron chi connectivity index (χ3n) is 5.34.